The minimum Gasteiger partial charge on any atom is -0.260 e. The Hall–Kier alpha value is -0.850. The molecular formula is C8H9NS. The van der Waals surface area contributed by atoms with Gasteiger partial charge in [0, 0.05) is 12.5 Å². The maximum atomic E-state index is 4.14. The minimum atomic E-state index is 0.835. The third-order valence-electron chi connectivity index (χ3n) is 1.12. The zero-order valence-electron chi connectivity index (χ0n) is 5.87. The summed E-state index contributed by atoms with van der Waals surface area (Å²) in [5, 5.41) is 3.12. The molecule has 0 aromatic carbocycles. The van der Waals surface area contributed by atoms with E-state index < -0.39 is 0 Å². The fourth-order valence-corrected chi connectivity index (χ4v) is 0.941. The molecule has 0 spiro atoms. The maximum Gasteiger partial charge on any atom is 0.0535 e. The lowest BCUT2D eigenvalue weighted by atomic mass is 10.3. The van der Waals surface area contributed by atoms with Crippen LogP contribution in [0.1, 0.15) is 5.69 Å². The van der Waals surface area contributed by atoms with E-state index >= 15 is 0 Å². The third-order valence-corrected chi connectivity index (χ3v) is 1.56. The lowest BCUT2D eigenvalue weighted by Gasteiger charge is -1.89. The Balaban J connectivity index is 2.64. The molecule has 0 amide bonds. The minimum absolute atomic E-state index is 0.835. The van der Waals surface area contributed by atoms with Crippen LogP contribution in [0.15, 0.2) is 24.4 Å². The van der Waals surface area contributed by atoms with Crippen molar-refractivity contribution in [2.45, 2.75) is 6.42 Å². The molecule has 1 rings (SSSR count). The largest absolute Gasteiger partial charge is 0.260 e. The number of pyridine rings is 1. The highest BCUT2D eigenvalue weighted by Gasteiger charge is 1.84. The number of rotatable bonds is 1. The van der Waals surface area contributed by atoms with Crippen molar-refractivity contribution >= 4 is 11.2 Å². The Kier molecular flexibility index (Phi) is 2.94. The molecule has 0 aliphatic rings. The first-order valence-corrected chi connectivity index (χ1v) is 4.31. The Labute approximate surface area is 64.7 Å². The molecule has 10 heavy (non-hydrogen) atoms. The number of hydrogen-bond acceptors (Lipinski definition) is 1. The fraction of sp³-hybridized carbons (Fsp3) is 0.250. The standard InChI is InChI=1S/C8H9NS/c1-10-7-5-8-4-2-3-6-9-8/h2-4,6H,5H2,1H3. The van der Waals surface area contributed by atoms with E-state index in [-0.39, 0.29) is 0 Å². The molecule has 0 aliphatic heterocycles. The molecule has 1 aromatic heterocycles. The topological polar surface area (TPSA) is 12.9 Å². The van der Waals surface area contributed by atoms with Crippen LogP contribution in [-0.4, -0.2) is 11.2 Å². The Morgan fingerprint density at radius 1 is 1.60 bits per heavy atom. The van der Waals surface area contributed by atoms with Gasteiger partial charge in [-0.25, -0.2) is 0 Å². The zero-order valence-corrected chi connectivity index (χ0v) is 6.69. The van der Waals surface area contributed by atoms with Crippen LogP contribution in [0.4, 0.5) is 0 Å². The van der Waals surface area contributed by atoms with Crippen LogP contribution < -0.4 is 0 Å². The van der Waals surface area contributed by atoms with E-state index in [1.54, 1.807) is 17.4 Å². The van der Waals surface area contributed by atoms with Crippen LogP contribution in [-0.2, 0) is 6.42 Å². The molecule has 0 unspecified atom stereocenters. The van der Waals surface area contributed by atoms with E-state index in [9.17, 15) is 0 Å². The van der Waals surface area contributed by atoms with E-state index in [2.05, 4.69) is 10.2 Å². The second kappa shape index (κ2) is 4.04. The predicted molar refractivity (Wildman–Crippen MR) is 45.3 cm³/mol. The maximum absolute atomic E-state index is 4.14. The molecule has 0 aliphatic carbocycles. The highest BCUT2D eigenvalue weighted by molar-refractivity contribution is 7.87. The summed E-state index contributed by atoms with van der Waals surface area (Å²) in [7, 11) is 0. The zero-order chi connectivity index (χ0) is 7.23. The summed E-state index contributed by atoms with van der Waals surface area (Å²) in [6, 6.07) is 5.91. The highest BCUT2D eigenvalue weighted by atomic mass is 32.1. The summed E-state index contributed by atoms with van der Waals surface area (Å²) < 4.78 is 0. The SMILES string of the molecule is CS#CCc1ccccn1. The fourth-order valence-electron chi connectivity index (χ4n) is 0.649. The van der Waals surface area contributed by atoms with Crippen molar-refractivity contribution in [3.63, 3.8) is 0 Å². The normalized spacial score (nSPS) is 8.50. The van der Waals surface area contributed by atoms with E-state index in [0.29, 0.717) is 0 Å². The first-order valence-electron chi connectivity index (χ1n) is 3.09. The molecule has 52 valence electrons. The number of nitrogens with zero attached hydrogens (tertiary/aromatic N) is 1. The van der Waals surface area contributed by atoms with Gasteiger partial charge in [-0.15, -0.1) is 11.2 Å². The van der Waals surface area contributed by atoms with E-state index in [1.807, 2.05) is 24.5 Å². The van der Waals surface area contributed by atoms with Gasteiger partial charge in [0.2, 0.25) is 0 Å². The van der Waals surface area contributed by atoms with Crippen LogP contribution in [0.5, 0.6) is 0 Å². The van der Waals surface area contributed by atoms with E-state index in [0.717, 1.165) is 12.1 Å². The van der Waals surface area contributed by atoms with Gasteiger partial charge in [0.05, 0.1) is 12.1 Å². The molecule has 0 bridgehead atoms. The molecule has 2 heteroatoms. The summed E-state index contributed by atoms with van der Waals surface area (Å²) in [6.07, 6.45) is 4.64. The number of hydrogen-bond donors (Lipinski definition) is 0. The molecule has 0 atom stereocenters. The van der Waals surface area contributed by atoms with E-state index in [4.69, 9.17) is 0 Å². The molecule has 0 fully saturated rings. The molecule has 1 heterocycles. The number of aromatic nitrogens is 1. The second-order valence-corrected chi connectivity index (χ2v) is 2.54. The van der Waals surface area contributed by atoms with Crippen molar-refractivity contribution in [1.82, 2.24) is 4.98 Å². The van der Waals surface area contributed by atoms with Crippen LogP contribution in [0.3, 0.4) is 0 Å². The van der Waals surface area contributed by atoms with Gasteiger partial charge in [-0.3, -0.25) is 4.98 Å². The first kappa shape index (κ1) is 7.26. The average molecular weight is 151 g/mol. The van der Waals surface area contributed by atoms with Crippen LogP contribution >= 0.6 is 11.2 Å². The van der Waals surface area contributed by atoms with Crippen LogP contribution in [0.25, 0.3) is 0 Å². The Morgan fingerprint density at radius 3 is 3.10 bits per heavy atom. The lowest BCUT2D eigenvalue weighted by Crippen LogP contribution is -1.83. The van der Waals surface area contributed by atoms with Gasteiger partial charge in [0.25, 0.3) is 0 Å². The third kappa shape index (κ3) is 2.18. The van der Waals surface area contributed by atoms with Crippen molar-refractivity contribution in [2.24, 2.45) is 0 Å². The lowest BCUT2D eigenvalue weighted by molar-refractivity contribution is 1.14. The summed E-state index contributed by atoms with van der Waals surface area (Å²) >= 11 is 1.61. The van der Waals surface area contributed by atoms with Gasteiger partial charge in [0.1, 0.15) is 0 Å². The van der Waals surface area contributed by atoms with Gasteiger partial charge in [-0.2, -0.15) is 0 Å². The quantitative estimate of drug-likeness (QED) is 0.597. The van der Waals surface area contributed by atoms with Gasteiger partial charge >= 0.3 is 0 Å². The van der Waals surface area contributed by atoms with Crippen LogP contribution in [0.2, 0.25) is 0 Å². The van der Waals surface area contributed by atoms with E-state index in [1.165, 1.54) is 0 Å². The van der Waals surface area contributed by atoms with Gasteiger partial charge in [-0.05, 0) is 12.1 Å². The second-order valence-electron chi connectivity index (χ2n) is 1.85. The summed E-state index contributed by atoms with van der Waals surface area (Å²) in [4.78, 5) is 4.14. The summed E-state index contributed by atoms with van der Waals surface area (Å²) in [5.74, 6) is 0. The molecular weight excluding hydrogens is 142 g/mol. The molecule has 0 saturated heterocycles. The monoisotopic (exact) mass is 151 g/mol. The summed E-state index contributed by atoms with van der Waals surface area (Å²) in [5.41, 5.74) is 1.08. The molecule has 1 aromatic rings. The Morgan fingerprint density at radius 2 is 2.50 bits per heavy atom. The Bertz CT molecular complexity index is 245. The predicted octanol–water partition coefficient (Wildman–Crippen LogP) is 1.95. The summed E-state index contributed by atoms with van der Waals surface area (Å²) in [6.45, 7) is 0. The molecule has 0 saturated carbocycles. The highest BCUT2D eigenvalue weighted by Crippen LogP contribution is 1.93. The van der Waals surface area contributed by atoms with Crippen molar-refractivity contribution in [3.8, 4) is 5.18 Å². The first-order chi connectivity index (χ1) is 4.93. The molecule has 0 N–H and O–H groups in total. The smallest absolute Gasteiger partial charge is 0.0535 e. The molecule has 1 nitrogen and oxygen atoms in total. The van der Waals surface area contributed by atoms with Crippen molar-refractivity contribution in [2.75, 3.05) is 6.26 Å². The van der Waals surface area contributed by atoms with Gasteiger partial charge in [0.15, 0.2) is 0 Å². The van der Waals surface area contributed by atoms with Crippen molar-refractivity contribution in [3.05, 3.63) is 30.1 Å². The van der Waals surface area contributed by atoms with Crippen LogP contribution in [0, 0.1) is 5.18 Å². The van der Waals surface area contributed by atoms with Crippen molar-refractivity contribution in [1.29, 1.82) is 0 Å². The average Bonchev–Trinajstić information content (AvgIpc) is 2.03. The molecule has 0 radical (unpaired) electrons. The van der Waals surface area contributed by atoms with Gasteiger partial charge in [-0.1, -0.05) is 11.3 Å². The van der Waals surface area contributed by atoms with Crippen molar-refractivity contribution < 1.29 is 0 Å². The van der Waals surface area contributed by atoms with Gasteiger partial charge < -0.3 is 0 Å².